The van der Waals surface area contributed by atoms with E-state index in [-0.39, 0.29) is 0 Å². The van der Waals surface area contributed by atoms with Gasteiger partial charge in [-0.2, -0.15) is 0 Å². The highest BCUT2D eigenvalue weighted by atomic mass is 16.5. The molecule has 0 bridgehead atoms. The van der Waals surface area contributed by atoms with Crippen LogP contribution in [0.2, 0.25) is 0 Å². The fourth-order valence-corrected chi connectivity index (χ4v) is 3.90. The first-order chi connectivity index (χ1) is 13.3. The highest BCUT2D eigenvalue weighted by molar-refractivity contribution is 6.08. The van der Waals surface area contributed by atoms with E-state index in [1.54, 1.807) is 7.11 Å². The lowest BCUT2D eigenvalue weighted by Crippen LogP contribution is -2.83. The summed E-state index contributed by atoms with van der Waals surface area (Å²) in [4.78, 5) is 0. The van der Waals surface area contributed by atoms with Crippen molar-refractivity contribution in [3.8, 4) is 5.75 Å². The monoisotopic (exact) mass is 359 g/mol. The predicted octanol–water partition coefficient (Wildman–Crippen LogP) is 4.13. The number of hydrogen-bond acceptors (Lipinski definition) is 1. The number of ether oxygens (including phenoxy) is 1. The molecule has 4 aromatic rings. The Morgan fingerprint density at radius 1 is 0.852 bits per heavy atom. The SMILES string of the molecule is CCn1c2ccccc2c2cc(C[NH2+]CCc3ccc(OC)cc3)ccc21. The standard InChI is InChI=1S/C24H26N2O/c1-3-26-23-7-5-4-6-21(23)22-16-19(10-13-24(22)26)17-25-15-14-18-8-11-20(27-2)12-9-18/h4-13,16,25H,3,14-15,17H2,1-2H3/p+1. The van der Waals surface area contributed by atoms with Crippen LogP contribution in [0.4, 0.5) is 0 Å². The molecular weight excluding hydrogens is 332 g/mol. The van der Waals surface area contributed by atoms with E-state index in [4.69, 9.17) is 4.74 Å². The minimum absolute atomic E-state index is 0.919. The van der Waals surface area contributed by atoms with Crippen molar-refractivity contribution in [1.29, 1.82) is 0 Å². The van der Waals surface area contributed by atoms with Crippen molar-refractivity contribution >= 4 is 21.8 Å². The largest absolute Gasteiger partial charge is 0.497 e. The molecule has 0 saturated carbocycles. The maximum atomic E-state index is 5.22. The van der Waals surface area contributed by atoms with Crippen LogP contribution in [0.3, 0.4) is 0 Å². The molecule has 4 rings (SSSR count). The van der Waals surface area contributed by atoms with Crippen LogP contribution in [0.15, 0.2) is 66.7 Å². The minimum atomic E-state index is 0.919. The van der Waals surface area contributed by atoms with Crippen LogP contribution in [-0.4, -0.2) is 18.2 Å². The van der Waals surface area contributed by atoms with Crippen molar-refractivity contribution < 1.29 is 10.1 Å². The van der Waals surface area contributed by atoms with E-state index in [1.165, 1.54) is 32.9 Å². The van der Waals surface area contributed by atoms with Gasteiger partial charge in [-0.3, -0.25) is 0 Å². The Kier molecular flexibility index (Phi) is 5.12. The van der Waals surface area contributed by atoms with E-state index < -0.39 is 0 Å². The molecule has 0 aliphatic rings. The summed E-state index contributed by atoms with van der Waals surface area (Å²) in [7, 11) is 1.71. The Labute approximate surface area is 160 Å². The van der Waals surface area contributed by atoms with Crippen molar-refractivity contribution in [2.24, 2.45) is 0 Å². The van der Waals surface area contributed by atoms with E-state index >= 15 is 0 Å². The lowest BCUT2D eigenvalue weighted by molar-refractivity contribution is -0.670. The number of quaternary nitrogens is 1. The fourth-order valence-electron chi connectivity index (χ4n) is 3.90. The quantitative estimate of drug-likeness (QED) is 0.494. The third-order valence-electron chi connectivity index (χ3n) is 5.33. The molecule has 1 heterocycles. The van der Waals surface area contributed by atoms with Gasteiger partial charge < -0.3 is 14.6 Å². The summed E-state index contributed by atoms with van der Waals surface area (Å²) in [6, 6.07) is 24.0. The minimum Gasteiger partial charge on any atom is -0.497 e. The van der Waals surface area contributed by atoms with Crippen molar-refractivity contribution in [3.05, 3.63) is 77.9 Å². The third-order valence-corrected chi connectivity index (χ3v) is 5.33. The first-order valence-corrected chi connectivity index (χ1v) is 9.74. The van der Waals surface area contributed by atoms with Gasteiger partial charge in [-0.25, -0.2) is 0 Å². The molecule has 0 fully saturated rings. The molecule has 0 aliphatic heterocycles. The van der Waals surface area contributed by atoms with E-state index in [0.29, 0.717) is 0 Å². The van der Waals surface area contributed by atoms with Gasteiger partial charge in [0.25, 0.3) is 0 Å². The van der Waals surface area contributed by atoms with Gasteiger partial charge in [0.2, 0.25) is 0 Å². The number of methoxy groups -OCH3 is 1. The molecular formula is C24H27N2O+. The summed E-state index contributed by atoms with van der Waals surface area (Å²) < 4.78 is 7.62. The molecule has 0 radical (unpaired) electrons. The Hall–Kier alpha value is -2.78. The summed E-state index contributed by atoms with van der Waals surface area (Å²) in [5, 5.41) is 5.12. The second-order valence-electron chi connectivity index (χ2n) is 6.99. The fraction of sp³-hybridized carbons (Fsp3) is 0.250. The molecule has 27 heavy (non-hydrogen) atoms. The number of fused-ring (bicyclic) bond motifs is 3. The van der Waals surface area contributed by atoms with Crippen LogP contribution in [0.5, 0.6) is 5.75 Å². The van der Waals surface area contributed by atoms with Crippen LogP contribution in [0.1, 0.15) is 18.1 Å². The summed E-state index contributed by atoms with van der Waals surface area (Å²) in [5.41, 5.74) is 5.40. The summed E-state index contributed by atoms with van der Waals surface area (Å²) in [5.74, 6) is 0.919. The van der Waals surface area contributed by atoms with Crippen LogP contribution in [0.25, 0.3) is 21.8 Å². The number of nitrogens with two attached hydrogens (primary N) is 1. The zero-order valence-corrected chi connectivity index (χ0v) is 16.1. The van der Waals surface area contributed by atoms with Gasteiger partial charge in [-0.05, 0) is 42.8 Å². The topological polar surface area (TPSA) is 30.8 Å². The lowest BCUT2D eigenvalue weighted by atomic mass is 10.1. The molecule has 138 valence electrons. The van der Waals surface area contributed by atoms with Gasteiger partial charge in [0.1, 0.15) is 12.3 Å². The van der Waals surface area contributed by atoms with Gasteiger partial charge in [0, 0.05) is 40.3 Å². The Morgan fingerprint density at radius 2 is 1.59 bits per heavy atom. The second kappa shape index (κ2) is 7.85. The molecule has 3 heteroatoms. The number of para-hydroxylation sites is 1. The first-order valence-electron chi connectivity index (χ1n) is 9.74. The zero-order valence-electron chi connectivity index (χ0n) is 16.1. The molecule has 1 aromatic heterocycles. The maximum absolute atomic E-state index is 5.22. The number of benzene rings is 3. The van der Waals surface area contributed by atoms with E-state index in [2.05, 4.69) is 71.4 Å². The molecule has 0 amide bonds. The maximum Gasteiger partial charge on any atom is 0.118 e. The Balaban J connectivity index is 1.45. The van der Waals surface area contributed by atoms with Gasteiger partial charge in [0.15, 0.2) is 0 Å². The molecule has 2 N–H and O–H groups in total. The highest BCUT2D eigenvalue weighted by Crippen LogP contribution is 2.29. The van der Waals surface area contributed by atoms with Gasteiger partial charge in [-0.1, -0.05) is 36.4 Å². The summed E-state index contributed by atoms with van der Waals surface area (Å²) in [6.07, 6.45) is 1.07. The van der Waals surface area contributed by atoms with Crippen molar-refractivity contribution in [3.63, 3.8) is 0 Å². The molecule has 0 saturated heterocycles. The number of hydrogen-bond donors (Lipinski definition) is 1. The number of nitrogens with zero attached hydrogens (tertiary/aromatic N) is 1. The van der Waals surface area contributed by atoms with E-state index in [1.807, 2.05) is 12.1 Å². The average molecular weight is 359 g/mol. The predicted molar refractivity (Wildman–Crippen MR) is 112 cm³/mol. The second-order valence-corrected chi connectivity index (χ2v) is 6.99. The molecule has 0 unspecified atom stereocenters. The number of aromatic nitrogens is 1. The van der Waals surface area contributed by atoms with Gasteiger partial charge in [-0.15, -0.1) is 0 Å². The molecule has 0 spiro atoms. The molecule has 3 nitrogen and oxygen atoms in total. The summed E-state index contributed by atoms with van der Waals surface area (Å²) in [6.45, 7) is 5.31. The normalized spacial score (nSPS) is 11.3. The lowest BCUT2D eigenvalue weighted by Gasteiger charge is -2.05. The van der Waals surface area contributed by atoms with Crippen molar-refractivity contribution in [1.82, 2.24) is 4.57 Å². The van der Waals surface area contributed by atoms with Crippen LogP contribution < -0.4 is 10.1 Å². The first kappa shape index (κ1) is 17.6. The van der Waals surface area contributed by atoms with Crippen LogP contribution in [-0.2, 0) is 19.5 Å². The van der Waals surface area contributed by atoms with Crippen molar-refractivity contribution in [2.45, 2.75) is 26.4 Å². The summed E-state index contributed by atoms with van der Waals surface area (Å²) >= 11 is 0. The van der Waals surface area contributed by atoms with Crippen LogP contribution >= 0.6 is 0 Å². The Bertz CT molecular complexity index is 1050. The molecule has 0 atom stereocenters. The highest BCUT2D eigenvalue weighted by Gasteiger charge is 2.10. The van der Waals surface area contributed by atoms with Crippen LogP contribution in [0, 0.1) is 0 Å². The zero-order chi connectivity index (χ0) is 18.6. The molecule has 0 aliphatic carbocycles. The van der Waals surface area contributed by atoms with E-state index in [0.717, 1.165) is 31.8 Å². The smallest absolute Gasteiger partial charge is 0.118 e. The Morgan fingerprint density at radius 3 is 2.37 bits per heavy atom. The van der Waals surface area contributed by atoms with Crippen molar-refractivity contribution in [2.75, 3.05) is 13.7 Å². The van der Waals surface area contributed by atoms with Gasteiger partial charge >= 0.3 is 0 Å². The third kappa shape index (κ3) is 3.56. The molecule has 3 aromatic carbocycles. The average Bonchev–Trinajstić information content (AvgIpc) is 3.05. The van der Waals surface area contributed by atoms with Gasteiger partial charge in [0.05, 0.1) is 13.7 Å². The number of rotatable bonds is 7. The number of aryl methyl sites for hydroxylation is 1. The van der Waals surface area contributed by atoms with E-state index in [9.17, 15) is 0 Å².